The van der Waals surface area contributed by atoms with Crippen molar-refractivity contribution in [3.05, 3.63) is 100 Å². The van der Waals surface area contributed by atoms with Crippen molar-refractivity contribution in [3.63, 3.8) is 0 Å². The van der Waals surface area contributed by atoms with Crippen molar-refractivity contribution in [1.82, 2.24) is 0 Å². The molecule has 3 rings (SSSR count). The van der Waals surface area contributed by atoms with Gasteiger partial charge < -0.3 is 5.11 Å². The smallest absolute Gasteiger partial charge is 0.124 e. The lowest BCUT2D eigenvalue weighted by Crippen LogP contribution is -2.26. The first-order valence-electron chi connectivity index (χ1n) is 13.2. The molecule has 186 valence electrons. The van der Waals surface area contributed by atoms with Crippen molar-refractivity contribution in [3.8, 4) is 11.1 Å². The average Bonchev–Trinajstić information content (AvgIpc) is 2.89. The zero-order chi connectivity index (χ0) is 25.6. The molecule has 3 aromatic carbocycles. The van der Waals surface area contributed by atoms with E-state index in [-0.39, 0.29) is 11.2 Å². The molecule has 1 nitrogen and oxygen atoms in total. The topological polar surface area (TPSA) is 20.2 Å². The lowest BCUT2D eigenvalue weighted by atomic mass is 9.70. The predicted octanol–water partition coefficient (Wildman–Crippen LogP) is 9.03. The molecule has 0 aliphatic heterocycles. The highest BCUT2D eigenvalue weighted by Gasteiger charge is 2.31. The van der Waals surface area contributed by atoms with E-state index in [4.69, 9.17) is 0 Å². The van der Waals surface area contributed by atoms with Crippen LogP contribution < -0.4 is 0 Å². The molecule has 1 N–H and O–H groups in total. The van der Waals surface area contributed by atoms with Crippen LogP contribution in [0.15, 0.2) is 66.7 Å². The number of aliphatic hydroxyl groups is 1. The third kappa shape index (κ3) is 5.76. The maximum Gasteiger partial charge on any atom is 0.124 e. The highest BCUT2D eigenvalue weighted by molar-refractivity contribution is 5.65. The van der Waals surface area contributed by atoms with Gasteiger partial charge in [-0.1, -0.05) is 95.3 Å². The third-order valence-corrected chi connectivity index (χ3v) is 7.96. The minimum atomic E-state index is -0.747. The van der Waals surface area contributed by atoms with Gasteiger partial charge in [-0.25, -0.2) is 4.39 Å². The van der Waals surface area contributed by atoms with Gasteiger partial charge in [0.05, 0.1) is 5.60 Å². The molecule has 0 aromatic heterocycles. The molecule has 0 bridgehead atoms. The Kier molecular flexibility index (Phi) is 8.72. The number of rotatable bonds is 10. The second-order valence-electron chi connectivity index (χ2n) is 9.78. The van der Waals surface area contributed by atoms with E-state index in [0.717, 1.165) is 41.5 Å². The fourth-order valence-electron chi connectivity index (χ4n) is 5.13. The molecular weight excluding hydrogens is 431 g/mol. The molecule has 0 aliphatic rings. The fraction of sp³-hybridized carbons (Fsp3) is 0.394. The Morgan fingerprint density at radius 2 is 1.37 bits per heavy atom. The summed E-state index contributed by atoms with van der Waals surface area (Å²) in [5.74, 6) is -0.180. The van der Waals surface area contributed by atoms with Gasteiger partial charge in [-0.3, -0.25) is 0 Å². The number of aryl methyl sites for hydroxylation is 2. The number of halogens is 1. The molecule has 0 radical (unpaired) electrons. The second kappa shape index (κ2) is 11.4. The Morgan fingerprint density at radius 3 is 1.91 bits per heavy atom. The SMILES string of the molecule is CCc1cc(F)cc(-c2ccc(C(CC)(CC)c3ccc(C=CC(O)(CC)CC)c(C)c3)cc2)c1. The van der Waals surface area contributed by atoms with Gasteiger partial charge in [-0.15, -0.1) is 0 Å². The van der Waals surface area contributed by atoms with Gasteiger partial charge >= 0.3 is 0 Å². The molecule has 3 aromatic rings. The largest absolute Gasteiger partial charge is 0.386 e. The maximum atomic E-state index is 14.1. The summed E-state index contributed by atoms with van der Waals surface area (Å²) in [6.07, 6.45) is 8.21. The monoisotopic (exact) mass is 472 g/mol. The van der Waals surface area contributed by atoms with Crippen LogP contribution in [0.3, 0.4) is 0 Å². The van der Waals surface area contributed by atoms with Gasteiger partial charge in [-0.2, -0.15) is 0 Å². The molecule has 0 aliphatic carbocycles. The Morgan fingerprint density at radius 1 is 0.743 bits per heavy atom. The molecule has 35 heavy (non-hydrogen) atoms. The van der Waals surface area contributed by atoms with Crippen LogP contribution in [0.25, 0.3) is 17.2 Å². The van der Waals surface area contributed by atoms with Gasteiger partial charge in [0.15, 0.2) is 0 Å². The Balaban J connectivity index is 1.97. The van der Waals surface area contributed by atoms with Crippen molar-refractivity contribution in [1.29, 1.82) is 0 Å². The van der Waals surface area contributed by atoms with Gasteiger partial charge in [0.25, 0.3) is 0 Å². The zero-order valence-electron chi connectivity index (χ0n) is 22.3. The van der Waals surface area contributed by atoms with E-state index in [2.05, 4.69) is 82.3 Å². The van der Waals surface area contributed by atoms with Crippen LogP contribution in [0.1, 0.15) is 88.1 Å². The van der Waals surface area contributed by atoms with Gasteiger partial charge in [0.1, 0.15) is 5.82 Å². The predicted molar refractivity (Wildman–Crippen MR) is 148 cm³/mol. The molecule has 0 amide bonds. The number of hydrogen-bond donors (Lipinski definition) is 1. The lowest BCUT2D eigenvalue weighted by Gasteiger charge is -2.34. The van der Waals surface area contributed by atoms with Crippen LogP contribution in [0.4, 0.5) is 4.39 Å². The molecule has 0 fully saturated rings. The van der Waals surface area contributed by atoms with Crippen molar-refractivity contribution >= 4 is 6.08 Å². The summed E-state index contributed by atoms with van der Waals surface area (Å²) in [6, 6.07) is 20.7. The summed E-state index contributed by atoms with van der Waals surface area (Å²) in [4.78, 5) is 0. The molecule has 0 heterocycles. The molecule has 0 spiro atoms. The summed E-state index contributed by atoms with van der Waals surface area (Å²) < 4.78 is 14.1. The minimum absolute atomic E-state index is 0.0877. The van der Waals surface area contributed by atoms with Gasteiger partial charge in [-0.05, 0) is 90.1 Å². The van der Waals surface area contributed by atoms with E-state index < -0.39 is 5.60 Å². The number of benzene rings is 3. The van der Waals surface area contributed by atoms with Crippen LogP contribution in [0.5, 0.6) is 0 Å². The molecular formula is C33H41FO. The lowest BCUT2D eigenvalue weighted by molar-refractivity contribution is 0.0836. The van der Waals surface area contributed by atoms with E-state index in [1.807, 2.05) is 19.9 Å². The second-order valence-corrected chi connectivity index (χ2v) is 9.78. The van der Waals surface area contributed by atoms with E-state index in [1.165, 1.54) is 16.7 Å². The quantitative estimate of drug-likeness (QED) is 0.312. The van der Waals surface area contributed by atoms with E-state index in [9.17, 15) is 9.50 Å². The number of hydrogen-bond acceptors (Lipinski definition) is 1. The Bertz CT molecular complexity index is 1150. The van der Waals surface area contributed by atoms with Crippen molar-refractivity contribution in [2.45, 2.75) is 84.7 Å². The highest BCUT2D eigenvalue weighted by atomic mass is 19.1. The van der Waals surface area contributed by atoms with Crippen LogP contribution in [0, 0.1) is 12.7 Å². The first-order valence-corrected chi connectivity index (χ1v) is 13.2. The van der Waals surface area contributed by atoms with Crippen molar-refractivity contribution < 1.29 is 9.50 Å². The van der Waals surface area contributed by atoms with E-state index in [1.54, 1.807) is 12.1 Å². The van der Waals surface area contributed by atoms with Gasteiger partial charge in [0.2, 0.25) is 0 Å². The van der Waals surface area contributed by atoms with E-state index >= 15 is 0 Å². The summed E-state index contributed by atoms with van der Waals surface area (Å²) >= 11 is 0. The van der Waals surface area contributed by atoms with Crippen molar-refractivity contribution in [2.75, 3.05) is 0 Å². The average molecular weight is 473 g/mol. The minimum Gasteiger partial charge on any atom is -0.386 e. The van der Waals surface area contributed by atoms with Crippen molar-refractivity contribution in [2.24, 2.45) is 0 Å². The molecule has 0 unspecified atom stereocenters. The zero-order valence-corrected chi connectivity index (χ0v) is 22.3. The van der Waals surface area contributed by atoms with Crippen LogP contribution >= 0.6 is 0 Å². The van der Waals surface area contributed by atoms with E-state index in [0.29, 0.717) is 12.8 Å². The third-order valence-electron chi connectivity index (χ3n) is 7.96. The highest BCUT2D eigenvalue weighted by Crippen LogP contribution is 2.40. The standard InChI is InChI=1S/C33H41FO/c1-7-25-21-28(23-31(34)22-25)27-13-15-29(16-14-27)33(10-4,11-5)30-17-12-26(24(6)20-30)18-19-32(35,8-2)9-3/h12-23,35H,7-11H2,1-6H3. The summed E-state index contributed by atoms with van der Waals surface area (Å²) in [7, 11) is 0. The van der Waals surface area contributed by atoms with Crippen LogP contribution in [-0.2, 0) is 11.8 Å². The summed E-state index contributed by atoms with van der Waals surface area (Å²) in [5.41, 5.74) is 7.10. The maximum absolute atomic E-state index is 14.1. The first kappa shape index (κ1) is 26.9. The fourth-order valence-corrected chi connectivity index (χ4v) is 5.13. The van der Waals surface area contributed by atoms with Crippen LogP contribution in [0.2, 0.25) is 0 Å². The molecule has 0 atom stereocenters. The first-order chi connectivity index (χ1) is 16.7. The Labute approximate surface area is 211 Å². The van der Waals surface area contributed by atoms with Crippen LogP contribution in [-0.4, -0.2) is 10.7 Å². The summed E-state index contributed by atoms with van der Waals surface area (Å²) in [5, 5.41) is 10.6. The summed E-state index contributed by atoms with van der Waals surface area (Å²) in [6.45, 7) is 12.7. The molecule has 0 saturated carbocycles. The molecule has 0 saturated heterocycles. The molecule has 2 heteroatoms. The Hall–Kier alpha value is -2.71. The van der Waals surface area contributed by atoms with Gasteiger partial charge in [0, 0.05) is 5.41 Å². The normalized spacial score (nSPS) is 12.5.